The van der Waals surface area contributed by atoms with Crippen LogP contribution in [0.3, 0.4) is 0 Å². The van der Waals surface area contributed by atoms with Gasteiger partial charge in [0.1, 0.15) is 12.6 Å². The lowest BCUT2D eigenvalue weighted by atomic mass is 10.1. The number of aryl methyl sites for hydroxylation is 1. The van der Waals surface area contributed by atoms with Crippen molar-refractivity contribution in [1.29, 1.82) is 0 Å². The Kier molecular flexibility index (Phi) is 6.23. The van der Waals surface area contributed by atoms with E-state index in [4.69, 9.17) is 0 Å². The fraction of sp³-hybridized carbons (Fsp3) is 0.292. The smallest absolute Gasteiger partial charge is 0.331 e. The van der Waals surface area contributed by atoms with Gasteiger partial charge >= 0.3 is 6.03 Å². The topological polar surface area (TPSA) is 85.0 Å². The molecule has 2 heterocycles. The Labute approximate surface area is 187 Å². The molecule has 1 unspecified atom stereocenters. The Balaban J connectivity index is 1.51. The molecule has 4 amide bonds. The number of nitrogens with zero attached hydrogens (tertiary/aromatic N) is 3. The normalized spacial score (nSPS) is 18.0. The van der Waals surface area contributed by atoms with Crippen molar-refractivity contribution in [2.24, 2.45) is 0 Å². The molecule has 1 fully saturated rings. The van der Waals surface area contributed by atoms with E-state index in [1.54, 1.807) is 11.2 Å². The monoisotopic (exact) mass is 433 g/mol. The second-order valence-corrected chi connectivity index (χ2v) is 7.94. The maximum atomic E-state index is 13.3. The number of hydrazine groups is 1. The van der Waals surface area contributed by atoms with Crippen molar-refractivity contribution in [3.05, 3.63) is 83.2 Å². The summed E-state index contributed by atoms with van der Waals surface area (Å²) in [7, 11) is 0. The Morgan fingerprint density at radius 2 is 1.72 bits per heavy atom. The van der Waals surface area contributed by atoms with Gasteiger partial charge in [0.15, 0.2) is 0 Å². The van der Waals surface area contributed by atoms with Crippen LogP contribution >= 0.6 is 0 Å². The van der Waals surface area contributed by atoms with Crippen LogP contribution in [0.2, 0.25) is 0 Å². The second kappa shape index (κ2) is 9.23. The largest absolute Gasteiger partial charge is 0.350 e. The van der Waals surface area contributed by atoms with E-state index in [1.165, 1.54) is 9.80 Å². The van der Waals surface area contributed by atoms with E-state index in [9.17, 15) is 14.4 Å². The number of hydrogen-bond acceptors (Lipinski definition) is 5. The molecule has 32 heavy (non-hydrogen) atoms. The van der Waals surface area contributed by atoms with E-state index < -0.39 is 12.1 Å². The highest BCUT2D eigenvalue weighted by molar-refractivity contribution is 6.04. The third kappa shape index (κ3) is 4.50. The van der Waals surface area contributed by atoms with Gasteiger partial charge in [0.05, 0.1) is 12.2 Å². The molecule has 0 radical (unpaired) electrons. The molecule has 0 spiro atoms. The summed E-state index contributed by atoms with van der Waals surface area (Å²) in [6.45, 7) is 4.92. The van der Waals surface area contributed by atoms with Crippen molar-refractivity contribution in [3.63, 3.8) is 0 Å². The fourth-order valence-corrected chi connectivity index (χ4v) is 3.78. The van der Waals surface area contributed by atoms with E-state index >= 15 is 0 Å². The van der Waals surface area contributed by atoms with E-state index in [1.807, 2.05) is 68.4 Å². The minimum atomic E-state index is -0.693. The first-order valence-corrected chi connectivity index (χ1v) is 10.7. The Bertz CT molecular complexity index is 1040. The summed E-state index contributed by atoms with van der Waals surface area (Å²) < 4.78 is 0. The van der Waals surface area contributed by atoms with Crippen LogP contribution < -0.4 is 10.7 Å². The van der Waals surface area contributed by atoms with E-state index in [0.717, 1.165) is 16.7 Å². The molecule has 8 heteroatoms. The molecule has 1 saturated heterocycles. The molecule has 8 nitrogen and oxygen atoms in total. The van der Waals surface area contributed by atoms with Crippen LogP contribution in [0, 0.1) is 6.92 Å². The third-order valence-electron chi connectivity index (χ3n) is 5.60. The lowest BCUT2D eigenvalue weighted by molar-refractivity contribution is -0.134. The summed E-state index contributed by atoms with van der Waals surface area (Å²) in [5, 5.41) is 4.63. The second-order valence-electron chi connectivity index (χ2n) is 7.94. The number of rotatable bonds is 7. The maximum Gasteiger partial charge on any atom is 0.331 e. The summed E-state index contributed by atoms with van der Waals surface area (Å²) in [5.74, 6) is -0.611. The molecule has 0 saturated carbocycles. The molecule has 0 bridgehead atoms. The zero-order chi connectivity index (χ0) is 22.7. The van der Waals surface area contributed by atoms with Crippen molar-refractivity contribution < 1.29 is 14.4 Å². The molecule has 2 N–H and O–H groups in total. The van der Waals surface area contributed by atoms with Crippen molar-refractivity contribution in [2.45, 2.75) is 33.0 Å². The Morgan fingerprint density at radius 3 is 2.41 bits per heavy atom. The van der Waals surface area contributed by atoms with Gasteiger partial charge < -0.3 is 10.3 Å². The van der Waals surface area contributed by atoms with Crippen LogP contribution in [-0.2, 0) is 22.7 Å². The van der Waals surface area contributed by atoms with Gasteiger partial charge in [-0.3, -0.25) is 19.4 Å². The summed E-state index contributed by atoms with van der Waals surface area (Å²) >= 11 is 0. The van der Waals surface area contributed by atoms with Crippen LogP contribution in [0.15, 0.2) is 66.5 Å². The van der Waals surface area contributed by atoms with Gasteiger partial charge in [-0.1, -0.05) is 60.2 Å². The average molecular weight is 434 g/mol. The standard InChI is InChI=1S/C24H27N5O3/c1-3-27-15-20-22(26-27)23(31)29(14-19-7-5-4-6-8-19)24(32)28(20)16-21(30)25-13-18-11-9-17(2)10-12-18/h4-12,15,22,26H,3,13-14,16H2,1-2H3,(H,25,30). The molecule has 4 rings (SSSR count). The van der Waals surface area contributed by atoms with Crippen molar-refractivity contribution in [3.8, 4) is 0 Å². The minimum Gasteiger partial charge on any atom is -0.350 e. The molecular weight excluding hydrogens is 406 g/mol. The Hall–Kier alpha value is -3.65. The van der Waals surface area contributed by atoms with E-state index in [-0.39, 0.29) is 24.9 Å². The Morgan fingerprint density at radius 1 is 1.00 bits per heavy atom. The van der Waals surface area contributed by atoms with Crippen molar-refractivity contribution in [2.75, 3.05) is 13.1 Å². The molecule has 2 aliphatic rings. The molecule has 0 aliphatic carbocycles. The number of benzene rings is 2. The lowest BCUT2D eigenvalue weighted by Gasteiger charge is -2.37. The van der Waals surface area contributed by atoms with Gasteiger partial charge in [0.2, 0.25) is 5.91 Å². The highest BCUT2D eigenvalue weighted by Crippen LogP contribution is 2.27. The van der Waals surface area contributed by atoms with Gasteiger partial charge in [0, 0.05) is 19.3 Å². The number of urea groups is 1. The first-order valence-electron chi connectivity index (χ1n) is 10.7. The van der Waals surface area contributed by atoms with E-state index in [2.05, 4.69) is 10.7 Å². The molecule has 166 valence electrons. The highest BCUT2D eigenvalue weighted by atomic mass is 16.2. The average Bonchev–Trinajstić information content (AvgIpc) is 3.24. The number of carbonyl (C=O) groups is 3. The highest BCUT2D eigenvalue weighted by Gasteiger charge is 2.46. The van der Waals surface area contributed by atoms with Crippen LogP contribution in [0.1, 0.15) is 23.6 Å². The molecule has 0 aromatic heterocycles. The number of nitrogens with one attached hydrogen (secondary N) is 2. The van der Waals surface area contributed by atoms with Gasteiger partial charge in [-0.2, -0.15) is 0 Å². The molecule has 2 aliphatic heterocycles. The molecule has 2 aromatic carbocycles. The predicted octanol–water partition coefficient (Wildman–Crippen LogP) is 2.13. The fourth-order valence-electron chi connectivity index (χ4n) is 3.78. The van der Waals surface area contributed by atoms with Gasteiger partial charge in [0.25, 0.3) is 5.91 Å². The van der Waals surface area contributed by atoms with Crippen LogP contribution in [0.5, 0.6) is 0 Å². The summed E-state index contributed by atoms with van der Waals surface area (Å²) in [6.07, 6.45) is 1.73. The minimum absolute atomic E-state index is 0.150. The van der Waals surface area contributed by atoms with Crippen molar-refractivity contribution in [1.82, 2.24) is 25.6 Å². The number of fused-ring (bicyclic) bond motifs is 1. The summed E-state index contributed by atoms with van der Waals surface area (Å²) in [5.41, 5.74) is 6.58. The van der Waals surface area contributed by atoms with Crippen LogP contribution in [0.4, 0.5) is 4.79 Å². The molecule has 2 aromatic rings. The molecular formula is C24H27N5O3. The zero-order valence-corrected chi connectivity index (χ0v) is 18.2. The quantitative estimate of drug-likeness (QED) is 0.699. The number of amides is 4. The van der Waals surface area contributed by atoms with Crippen molar-refractivity contribution >= 4 is 17.8 Å². The molecule has 1 atom stereocenters. The lowest BCUT2D eigenvalue weighted by Crippen LogP contribution is -2.61. The van der Waals surface area contributed by atoms with Crippen LogP contribution in [0.25, 0.3) is 0 Å². The third-order valence-corrected chi connectivity index (χ3v) is 5.60. The predicted molar refractivity (Wildman–Crippen MR) is 120 cm³/mol. The SMILES string of the molecule is CCN1C=C2C(N1)C(=O)N(Cc1ccccc1)C(=O)N2CC(=O)NCc1ccc(C)cc1. The first-order chi connectivity index (χ1) is 15.5. The van der Waals surface area contributed by atoms with Gasteiger partial charge in [-0.15, -0.1) is 0 Å². The van der Waals surface area contributed by atoms with Gasteiger partial charge in [-0.25, -0.2) is 10.2 Å². The summed E-state index contributed by atoms with van der Waals surface area (Å²) in [4.78, 5) is 41.7. The summed E-state index contributed by atoms with van der Waals surface area (Å²) in [6, 6.07) is 16.0. The van der Waals surface area contributed by atoms with Gasteiger partial charge in [-0.05, 0) is 25.0 Å². The maximum absolute atomic E-state index is 13.3. The first kappa shape index (κ1) is 21.6. The zero-order valence-electron chi connectivity index (χ0n) is 18.2. The van der Waals surface area contributed by atoms with Crippen LogP contribution in [-0.4, -0.2) is 51.8 Å². The number of imide groups is 1. The number of carbonyl (C=O) groups excluding carboxylic acids is 3. The van der Waals surface area contributed by atoms with E-state index in [0.29, 0.717) is 18.8 Å². The number of hydrogen-bond donors (Lipinski definition) is 2.